The van der Waals surface area contributed by atoms with E-state index in [0.29, 0.717) is 5.54 Å². The maximum absolute atomic E-state index is 6.10. The Hall–Kier alpha value is -0.0800. The fourth-order valence-corrected chi connectivity index (χ4v) is 3.95. The van der Waals surface area contributed by atoms with Crippen molar-refractivity contribution in [2.24, 2.45) is 17.6 Å². The molecule has 1 atom stereocenters. The fourth-order valence-electron chi connectivity index (χ4n) is 3.95. The lowest BCUT2D eigenvalue weighted by Crippen LogP contribution is -2.52. The van der Waals surface area contributed by atoms with E-state index in [1.165, 1.54) is 58.0 Å². The van der Waals surface area contributed by atoms with E-state index in [4.69, 9.17) is 5.73 Å². The van der Waals surface area contributed by atoms with Gasteiger partial charge in [-0.2, -0.15) is 0 Å². The van der Waals surface area contributed by atoms with Crippen LogP contribution in [-0.4, -0.2) is 30.1 Å². The van der Waals surface area contributed by atoms with Gasteiger partial charge in [0.1, 0.15) is 0 Å². The molecule has 100 valence electrons. The minimum atomic E-state index is 0.381. The monoisotopic (exact) mass is 238 g/mol. The van der Waals surface area contributed by atoms with Crippen molar-refractivity contribution >= 4 is 0 Å². The fraction of sp³-hybridized carbons (Fsp3) is 1.00. The minimum absolute atomic E-state index is 0.381. The second-order valence-corrected chi connectivity index (χ2v) is 6.56. The normalized spacial score (nSPS) is 30.7. The van der Waals surface area contributed by atoms with Gasteiger partial charge in [-0.3, -0.25) is 4.90 Å². The Morgan fingerprint density at radius 1 is 1.12 bits per heavy atom. The summed E-state index contributed by atoms with van der Waals surface area (Å²) < 4.78 is 0. The second-order valence-electron chi connectivity index (χ2n) is 6.56. The molecule has 0 amide bonds. The lowest BCUT2D eigenvalue weighted by atomic mass is 9.89. The van der Waals surface area contributed by atoms with E-state index in [-0.39, 0.29) is 0 Å². The molecule has 2 N–H and O–H groups in total. The molecule has 1 aliphatic heterocycles. The Balaban J connectivity index is 1.97. The van der Waals surface area contributed by atoms with Crippen molar-refractivity contribution in [2.75, 3.05) is 19.6 Å². The van der Waals surface area contributed by atoms with Crippen molar-refractivity contribution in [2.45, 2.75) is 64.3 Å². The second kappa shape index (κ2) is 5.71. The molecular weight excluding hydrogens is 208 g/mol. The van der Waals surface area contributed by atoms with Gasteiger partial charge in [-0.05, 0) is 57.0 Å². The van der Waals surface area contributed by atoms with Crippen molar-refractivity contribution in [3.05, 3.63) is 0 Å². The van der Waals surface area contributed by atoms with Gasteiger partial charge in [0.2, 0.25) is 0 Å². The maximum atomic E-state index is 6.10. The largest absolute Gasteiger partial charge is 0.329 e. The van der Waals surface area contributed by atoms with Crippen LogP contribution >= 0.6 is 0 Å². The highest BCUT2D eigenvalue weighted by molar-refractivity contribution is 4.96. The first-order chi connectivity index (χ1) is 8.18. The highest BCUT2D eigenvalue weighted by Gasteiger charge is 2.38. The molecule has 0 spiro atoms. The van der Waals surface area contributed by atoms with Gasteiger partial charge in [0.05, 0.1) is 0 Å². The van der Waals surface area contributed by atoms with Crippen LogP contribution in [0.15, 0.2) is 0 Å². The molecule has 0 bridgehead atoms. The van der Waals surface area contributed by atoms with E-state index >= 15 is 0 Å². The van der Waals surface area contributed by atoms with E-state index in [1.54, 1.807) is 0 Å². The maximum Gasteiger partial charge on any atom is 0.0331 e. The summed E-state index contributed by atoms with van der Waals surface area (Å²) in [5.41, 5.74) is 6.48. The first kappa shape index (κ1) is 13.4. The lowest BCUT2D eigenvalue weighted by molar-refractivity contribution is 0.101. The van der Waals surface area contributed by atoms with Crippen molar-refractivity contribution in [1.29, 1.82) is 0 Å². The van der Waals surface area contributed by atoms with Crippen LogP contribution < -0.4 is 5.73 Å². The molecule has 2 heteroatoms. The summed E-state index contributed by atoms with van der Waals surface area (Å²) in [6.45, 7) is 8.23. The van der Waals surface area contributed by atoms with Crippen molar-refractivity contribution in [3.8, 4) is 0 Å². The Labute approximate surface area is 107 Å². The van der Waals surface area contributed by atoms with Gasteiger partial charge in [0, 0.05) is 12.1 Å². The first-order valence-corrected chi connectivity index (χ1v) is 7.63. The van der Waals surface area contributed by atoms with Gasteiger partial charge in [0.25, 0.3) is 0 Å². The Bertz CT molecular complexity index is 231. The van der Waals surface area contributed by atoms with Gasteiger partial charge in [-0.25, -0.2) is 0 Å². The summed E-state index contributed by atoms with van der Waals surface area (Å²) >= 11 is 0. The number of likely N-dealkylation sites (tertiary alicyclic amines) is 1. The molecule has 1 aliphatic carbocycles. The molecule has 1 saturated heterocycles. The molecule has 2 nitrogen and oxygen atoms in total. The summed E-state index contributed by atoms with van der Waals surface area (Å²) in [7, 11) is 0. The van der Waals surface area contributed by atoms with Gasteiger partial charge < -0.3 is 5.73 Å². The average molecular weight is 238 g/mol. The van der Waals surface area contributed by atoms with Crippen LogP contribution in [0.3, 0.4) is 0 Å². The molecule has 0 aromatic carbocycles. The zero-order chi connectivity index (χ0) is 12.3. The molecule has 2 fully saturated rings. The van der Waals surface area contributed by atoms with Crippen LogP contribution in [0.25, 0.3) is 0 Å². The van der Waals surface area contributed by atoms with Crippen LogP contribution in [0, 0.1) is 11.8 Å². The number of hydrogen-bond acceptors (Lipinski definition) is 2. The van der Waals surface area contributed by atoms with E-state index in [1.807, 2.05) is 0 Å². The van der Waals surface area contributed by atoms with Crippen LogP contribution in [0.4, 0.5) is 0 Å². The van der Waals surface area contributed by atoms with E-state index in [0.717, 1.165) is 18.4 Å². The summed E-state index contributed by atoms with van der Waals surface area (Å²) in [5, 5.41) is 0. The molecule has 1 saturated carbocycles. The third kappa shape index (κ3) is 2.85. The van der Waals surface area contributed by atoms with E-state index in [2.05, 4.69) is 18.7 Å². The molecule has 1 heterocycles. The molecular formula is C15H30N2. The highest BCUT2D eigenvalue weighted by Crippen LogP contribution is 2.37. The number of rotatable bonds is 3. The van der Waals surface area contributed by atoms with Crippen LogP contribution in [0.1, 0.15) is 58.8 Å². The van der Waals surface area contributed by atoms with Gasteiger partial charge in [-0.15, -0.1) is 0 Å². The average Bonchev–Trinajstić information content (AvgIpc) is 2.66. The number of nitrogens with two attached hydrogens (primary N) is 1. The lowest BCUT2D eigenvalue weighted by Gasteiger charge is -2.40. The Morgan fingerprint density at radius 3 is 2.41 bits per heavy atom. The SMILES string of the molecule is CC(C)C1CCCN(C2(CN)CCCC2)CC1. The van der Waals surface area contributed by atoms with Crippen molar-refractivity contribution in [1.82, 2.24) is 4.90 Å². The quantitative estimate of drug-likeness (QED) is 0.819. The highest BCUT2D eigenvalue weighted by atomic mass is 15.2. The third-order valence-corrected chi connectivity index (χ3v) is 5.30. The van der Waals surface area contributed by atoms with Crippen LogP contribution in [-0.2, 0) is 0 Å². The molecule has 0 aromatic rings. The predicted molar refractivity (Wildman–Crippen MR) is 74.0 cm³/mol. The zero-order valence-corrected chi connectivity index (χ0v) is 11.8. The first-order valence-electron chi connectivity index (χ1n) is 7.63. The molecule has 0 aromatic heterocycles. The summed E-state index contributed by atoms with van der Waals surface area (Å²) in [6.07, 6.45) is 9.66. The third-order valence-electron chi connectivity index (χ3n) is 5.30. The van der Waals surface area contributed by atoms with Crippen molar-refractivity contribution < 1.29 is 0 Å². The van der Waals surface area contributed by atoms with Crippen LogP contribution in [0.5, 0.6) is 0 Å². The van der Waals surface area contributed by atoms with Gasteiger partial charge >= 0.3 is 0 Å². The Kier molecular flexibility index (Phi) is 4.48. The molecule has 2 rings (SSSR count). The molecule has 17 heavy (non-hydrogen) atoms. The topological polar surface area (TPSA) is 29.3 Å². The summed E-state index contributed by atoms with van der Waals surface area (Å²) in [5.74, 6) is 1.79. The number of hydrogen-bond donors (Lipinski definition) is 1. The zero-order valence-electron chi connectivity index (χ0n) is 11.8. The molecule has 1 unspecified atom stereocenters. The predicted octanol–water partition coefficient (Wildman–Crippen LogP) is 3.02. The van der Waals surface area contributed by atoms with Crippen LogP contribution in [0.2, 0.25) is 0 Å². The summed E-state index contributed by atoms with van der Waals surface area (Å²) in [6, 6.07) is 0. The van der Waals surface area contributed by atoms with E-state index in [9.17, 15) is 0 Å². The number of nitrogens with zero attached hydrogens (tertiary/aromatic N) is 1. The summed E-state index contributed by atoms with van der Waals surface area (Å²) in [4.78, 5) is 2.75. The molecule has 2 aliphatic rings. The standard InChI is InChI=1S/C15H30N2/c1-13(2)14-6-5-10-17(11-7-14)15(12-16)8-3-4-9-15/h13-14H,3-12,16H2,1-2H3. The Morgan fingerprint density at radius 2 is 1.82 bits per heavy atom. The smallest absolute Gasteiger partial charge is 0.0331 e. The van der Waals surface area contributed by atoms with Gasteiger partial charge in [0.15, 0.2) is 0 Å². The van der Waals surface area contributed by atoms with Gasteiger partial charge in [-0.1, -0.05) is 26.7 Å². The minimum Gasteiger partial charge on any atom is -0.329 e. The molecule has 0 radical (unpaired) electrons. The van der Waals surface area contributed by atoms with E-state index < -0.39 is 0 Å². The van der Waals surface area contributed by atoms with Crippen molar-refractivity contribution in [3.63, 3.8) is 0 Å².